The zero-order valence-electron chi connectivity index (χ0n) is 6.21. The van der Waals surface area contributed by atoms with Crippen molar-refractivity contribution in [2.75, 3.05) is 0 Å². The van der Waals surface area contributed by atoms with Crippen molar-refractivity contribution < 1.29 is 4.79 Å². The predicted molar refractivity (Wildman–Crippen MR) is 41.7 cm³/mol. The van der Waals surface area contributed by atoms with Crippen molar-refractivity contribution in [3.63, 3.8) is 0 Å². The smallest absolute Gasteiger partial charge is 0.162 e. The molecule has 1 rings (SSSR count). The van der Waals surface area contributed by atoms with Crippen LogP contribution in [0.25, 0.3) is 0 Å². The number of carbonyl (C=O) groups is 1. The molecule has 0 spiro atoms. The van der Waals surface area contributed by atoms with Gasteiger partial charge in [-0.1, -0.05) is 25.2 Å². The summed E-state index contributed by atoms with van der Waals surface area (Å²) in [6, 6.07) is 0. The number of carbonyl (C=O) groups excluding carboxylic acids is 1. The molecule has 1 heteroatoms. The molecule has 10 heavy (non-hydrogen) atoms. The van der Waals surface area contributed by atoms with Gasteiger partial charge in [0.25, 0.3) is 0 Å². The lowest BCUT2D eigenvalue weighted by Crippen LogP contribution is -2.01. The largest absolute Gasteiger partial charge is 0.294 e. The summed E-state index contributed by atoms with van der Waals surface area (Å²) in [6.07, 6.45) is 9.58. The zero-order chi connectivity index (χ0) is 7.40. The Morgan fingerprint density at radius 1 is 1.80 bits per heavy atom. The third-order valence-corrected chi connectivity index (χ3v) is 1.64. The molecule has 0 aliphatic heterocycles. The second kappa shape index (κ2) is 3.35. The normalized spacial score (nSPS) is 24.9. The molecule has 0 aromatic heterocycles. The highest BCUT2D eigenvalue weighted by Crippen LogP contribution is 2.15. The Kier molecular flexibility index (Phi) is 2.43. The van der Waals surface area contributed by atoms with Gasteiger partial charge < -0.3 is 0 Å². The van der Waals surface area contributed by atoms with Gasteiger partial charge in [-0.15, -0.1) is 0 Å². The highest BCUT2D eigenvalue weighted by atomic mass is 16.1. The van der Waals surface area contributed by atoms with Crippen molar-refractivity contribution >= 4 is 5.78 Å². The molecule has 0 bridgehead atoms. The van der Waals surface area contributed by atoms with E-state index in [2.05, 4.69) is 13.0 Å². The van der Waals surface area contributed by atoms with Gasteiger partial charge in [-0.2, -0.15) is 0 Å². The number of hydrogen-bond donors (Lipinski definition) is 0. The van der Waals surface area contributed by atoms with Gasteiger partial charge in [-0.05, 0) is 18.9 Å². The fourth-order valence-electron chi connectivity index (χ4n) is 1.04. The van der Waals surface area contributed by atoms with Crippen molar-refractivity contribution in [2.24, 2.45) is 5.92 Å². The van der Waals surface area contributed by atoms with E-state index in [9.17, 15) is 4.79 Å². The maximum atomic E-state index is 10.9. The molecule has 0 aromatic rings. The molecule has 0 aromatic carbocycles. The van der Waals surface area contributed by atoms with Gasteiger partial charge >= 0.3 is 0 Å². The lowest BCUT2D eigenvalue weighted by atomic mass is 10.1. The Bertz CT molecular complexity index is 177. The Morgan fingerprint density at radius 3 is 3.10 bits per heavy atom. The van der Waals surface area contributed by atoms with Crippen LogP contribution in [0.5, 0.6) is 0 Å². The Hall–Kier alpha value is -0.850. The first-order chi connectivity index (χ1) is 4.84. The van der Waals surface area contributed by atoms with E-state index >= 15 is 0 Å². The van der Waals surface area contributed by atoms with Crippen LogP contribution in [0.2, 0.25) is 0 Å². The maximum absolute atomic E-state index is 10.9. The summed E-state index contributed by atoms with van der Waals surface area (Å²) < 4.78 is 0. The third-order valence-electron chi connectivity index (χ3n) is 1.64. The fourth-order valence-corrected chi connectivity index (χ4v) is 1.04. The molecule has 0 fully saturated rings. The molecule has 1 unspecified atom stereocenters. The summed E-state index contributed by atoms with van der Waals surface area (Å²) in [5.41, 5.74) is 0. The van der Waals surface area contributed by atoms with Crippen LogP contribution < -0.4 is 0 Å². The second-order valence-corrected chi connectivity index (χ2v) is 2.48. The van der Waals surface area contributed by atoms with Gasteiger partial charge in [-0.25, -0.2) is 0 Å². The van der Waals surface area contributed by atoms with E-state index in [1.54, 1.807) is 6.08 Å². The van der Waals surface area contributed by atoms with Crippen LogP contribution in [0, 0.1) is 5.92 Å². The molecular weight excluding hydrogens is 124 g/mol. The molecule has 1 aliphatic carbocycles. The van der Waals surface area contributed by atoms with Crippen molar-refractivity contribution in [1.82, 2.24) is 0 Å². The van der Waals surface area contributed by atoms with Crippen molar-refractivity contribution in [3.05, 3.63) is 24.3 Å². The maximum Gasteiger partial charge on any atom is 0.162 e. The molecule has 1 nitrogen and oxygen atoms in total. The minimum atomic E-state index is 0.153. The first-order valence-corrected chi connectivity index (χ1v) is 3.71. The van der Waals surface area contributed by atoms with Crippen LogP contribution in [-0.4, -0.2) is 5.78 Å². The lowest BCUT2D eigenvalue weighted by molar-refractivity contribution is -0.116. The lowest BCUT2D eigenvalue weighted by Gasteiger charge is -1.97. The zero-order valence-corrected chi connectivity index (χ0v) is 6.21. The highest BCUT2D eigenvalue weighted by molar-refractivity contribution is 5.95. The minimum absolute atomic E-state index is 0.153. The van der Waals surface area contributed by atoms with E-state index < -0.39 is 0 Å². The predicted octanol–water partition coefficient (Wildman–Crippen LogP) is 2.10. The van der Waals surface area contributed by atoms with E-state index in [1.807, 2.05) is 12.2 Å². The molecule has 0 N–H and O–H groups in total. The molecule has 0 radical (unpaired) electrons. The molecule has 0 heterocycles. The monoisotopic (exact) mass is 136 g/mol. The first-order valence-electron chi connectivity index (χ1n) is 3.71. The third kappa shape index (κ3) is 1.56. The number of allylic oxidation sites excluding steroid dienone is 4. The summed E-state index contributed by atoms with van der Waals surface area (Å²) >= 11 is 0. The molecule has 0 saturated heterocycles. The van der Waals surface area contributed by atoms with Gasteiger partial charge in [0.15, 0.2) is 5.78 Å². The summed E-state index contributed by atoms with van der Waals surface area (Å²) in [5, 5.41) is 0. The van der Waals surface area contributed by atoms with Crippen LogP contribution >= 0.6 is 0 Å². The average Bonchev–Trinajstić information content (AvgIpc) is 2.31. The van der Waals surface area contributed by atoms with Crippen LogP contribution in [0.4, 0.5) is 0 Å². The molecule has 1 atom stereocenters. The van der Waals surface area contributed by atoms with Gasteiger partial charge in [0.05, 0.1) is 0 Å². The molecule has 54 valence electrons. The van der Waals surface area contributed by atoms with E-state index in [4.69, 9.17) is 0 Å². The number of ketones is 1. The van der Waals surface area contributed by atoms with Crippen molar-refractivity contribution in [2.45, 2.75) is 19.8 Å². The van der Waals surface area contributed by atoms with E-state index in [0.717, 1.165) is 12.8 Å². The van der Waals surface area contributed by atoms with Crippen molar-refractivity contribution in [3.8, 4) is 0 Å². The first kappa shape index (κ1) is 7.26. The Labute approximate surface area is 61.4 Å². The standard InChI is InChI=1S/C9H12O/c1-2-3-5-8-6-4-7-9(8)10/h3-5,7-8H,2,6H2,1H3/b5-3-. The second-order valence-electron chi connectivity index (χ2n) is 2.48. The highest BCUT2D eigenvalue weighted by Gasteiger charge is 2.14. The minimum Gasteiger partial charge on any atom is -0.294 e. The van der Waals surface area contributed by atoms with Gasteiger partial charge in [0.1, 0.15) is 0 Å². The van der Waals surface area contributed by atoms with Gasteiger partial charge in [-0.3, -0.25) is 4.79 Å². The fraction of sp³-hybridized carbons (Fsp3) is 0.444. The quantitative estimate of drug-likeness (QED) is 0.531. The summed E-state index contributed by atoms with van der Waals surface area (Å²) in [5.74, 6) is 0.407. The SMILES string of the molecule is CC/C=C\C1CC=CC1=O. The van der Waals surface area contributed by atoms with Crippen LogP contribution in [0.1, 0.15) is 19.8 Å². The van der Waals surface area contributed by atoms with Crippen LogP contribution in [0.15, 0.2) is 24.3 Å². The Balaban J connectivity index is 2.44. The molecule has 0 saturated carbocycles. The summed E-state index contributed by atoms with van der Waals surface area (Å²) in [4.78, 5) is 10.9. The van der Waals surface area contributed by atoms with E-state index in [1.165, 1.54) is 0 Å². The van der Waals surface area contributed by atoms with Gasteiger partial charge in [0.2, 0.25) is 0 Å². The molecular formula is C9H12O. The Morgan fingerprint density at radius 2 is 2.60 bits per heavy atom. The number of rotatable bonds is 2. The van der Waals surface area contributed by atoms with Crippen LogP contribution in [-0.2, 0) is 4.79 Å². The molecule has 1 aliphatic rings. The van der Waals surface area contributed by atoms with Gasteiger partial charge in [0, 0.05) is 5.92 Å². The van der Waals surface area contributed by atoms with Crippen molar-refractivity contribution in [1.29, 1.82) is 0 Å². The van der Waals surface area contributed by atoms with E-state index in [-0.39, 0.29) is 11.7 Å². The summed E-state index contributed by atoms with van der Waals surface area (Å²) in [7, 11) is 0. The number of hydrogen-bond acceptors (Lipinski definition) is 1. The topological polar surface area (TPSA) is 17.1 Å². The van der Waals surface area contributed by atoms with E-state index in [0.29, 0.717) is 0 Å². The van der Waals surface area contributed by atoms with Crippen LogP contribution in [0.3, 0.4) is 0 Å². The average molecular weight is 136 g/mol. The summed E-state index contributed by atoms with van der Waals surface area (Å²) in [6.45, 7) is 2.07. The molecule has 0 amide bonds.